The van der Waals surface area contributed by atoms with Crippen LogP contribution in [0, 0.1) is 36.0 Å². The van der Waals surface area contributed by atoms with Crippen molar-refractivity contribution >= 4 is 11.8 Å². The van der Waals surface area contributed by atoms with Gasteiger partial charge in [0, 0.05) is 37.8 Å². The van der Waals surface area contributed by atoms with Crippen molar-refractivity contribution in [2.75, 3.05) is 30.4 Å². The van der Waals surface area contributed by atoms with Crippen LogP contribution in [0.5, 0.6) is 0 Å². The van der Waals surface area contributed by atoms with Crippen molar-refractivity contribution < 1.29 is 4.39 Å². The summed E-state index contributed by atoms with van der Waals surface area (Å²) in [7, 11) is 0. The number of nitrogens with one attached hydrogen (secondary N) is 4. The lowest BCUT2D eigenvalue weighted by Crippen LogP contribution is -2.54. The highest BCUT2D eigenvalue weighted by atomic mass is 19.1. The number of hydrogen-bond donors (Lipinski definition) is 4. The highest BCUT2D eigenvalue weighted by molar-refractivity contribution is 5.53. The molecule has 4 atom stereocenters. The van der Waals surface area contributed by atoms with Crippen molar-refractivity contribution in [1.29, 1.82) is 5.26 Å². The summed E-state index contributed by atoms with van der Waals surface area (Å²) >= 11 is 0. The van der Waals surface area contributed by atoms with Crippen LogP contribution in [0.1, 0.15) is 74.5 Å². The fourth-order valence-electron chi connectivity index (χ4n) is 7.21. The molecule has 0 amide bonds. The fourth-order valence-corrected chi connectivity index (χ4v) is 7.21. The van der Waals surface area contributed by atoms with Gasteiger partial charge in [-0.3, -0.25) is 0 Å². The van der Waals surface area contributed by atoms with Gasteiger partial charge in [-0.05, 0) is 87.2 Å². The lowest BCUT2D eigenvalue weighted by molar-refractivity contribution is 0.0743. The number of aryl methyl sites for hydroxylation is 1. The molecule has 0 saturated heterocycles. The average Bonchev–Trinajstić information content (AvgIpc) is 2.95. The highest BCUT2D eigenvalue weighted by Crippen LogP contribution is 2.43. The molecule has 1 heterocycles. The molecule has 4 N–H and O–H groups in total. The highest BCUT2D eigenvalue weighted by Gasteiger charge is 2.41. The van der Waals surface area contributed by atoms with E-state index in [0.717, 1.165) is 31.2 Å². The predicted octanol–water partition coefficient (Wildman–Crippen LogP) is 5.34. The number of anilines is 2. The van der Waals surface area contributed by atoms with Crippen LogP contribution < -0.4 is 21.3 Å². The van der Waals surface area contributed by atoms with Crippen molar-refractivity contribution in [3.63, 3.8) is 0 Å². The summed E-state index contributed by atoms with van der Waals surface area (Å²) in [6.07, 6.45) is 12.7. The molecular weight excluding hydrogens is 489 g/mol. The third-order valence-electron chi connectivity index (χ3n) is 9.29. The van der Waals surface area contributed by atoms with E-state index in [4.69, 9.17) is 0 Å². The van der Waals surface area contributed by atoms with Crippen LogP contribution in [-0.2, 0) is 6.54 Å². The Kier molecular flexibility index (Phi) is 9.65. The Labute approximate surface area is 232 Å². The zero-order valence-electron chi connectivity index (χ0n) is 23.3. The smallest absolute Gasteiger partial charge is 0.224 e. The number of nitrogens with zero attached hydrogens (tertiary/aromatic N) is 3. The van der Waals surface area contributed by atoms with E-state index in [1.807, 2.05) is 12.1 Å². The van der Waals surface area contributed by atoms with Gasteiger partial charge < -0.3 is 21.3 Å². The molecule has 210 valence electrons. The Morgan fingerprint density at radius 2 is 1.74 bits per heavy atom. The lowest BCUT2D eigenvalue weighted by atomic mass is 9.64. The number of halogens is 1. The van der Waals surface area contributed by atoms with Gasteiger partial charge in [-0.1, -0.05) is 30.7 Å². The summed E-state index contributed by atoms with van der Waals surface area (Å²) < 4.78 is 12.5. The third kappa shape index (κ3) is 7.26. The fraction of sp³-hybridized carbons (Fsp3) is 0.645. The van der Waals surface area contributed by atoms with Gasteiger partial charge in [-0.25, -0.2) is 9.37 Å². The first kappa shape index (κ1) is 27.8. The molecule has 3 fully saturated rings. The van der Waals surface area contributed by atoms with Gasteiger partial charge in [0.2, 0.25) is 5.95 Å². The van der Waals surface area contributed by atoms with Crippen LogP contribution in [0.4, 0.5) is 16.2 Å². The molecule has 0 spiro atoms. The number of rotatable bonds is 11. The second-order valence-corrected chi connectivity index (χ2v) is 11.9. The molecule has 2 bridgehead atoms. The average molecular weight is 534 g/mol. The minimum atomic E-state index is -0.277. The van der Waals surface area contributed by atoms with Gasteiger partial charge in [-0.2, -0.15) is 10.2 Å². The van der Waals surface area contributed by atoms with Gasteiger partial charge in [0.15, 0.2) is 0 Å². The maximum absolute atomic E-state index is 12.5. The topological polar surface area (TPSA) is 97.7 Å². The summed E-state index contributed by atoms with van der Waals surface area (Å²) in [6, 6.07) is 12.2. The van der Waals surface area contributed by atoms with E-state index in [2.05, 4.69) is 56.4 Å². The number of benzene rings is 1. The molecule has 3 aliphatic carbocycles. The number of hydrogen-bond acceptors (Lipinski definition) is 7. The second kappa shape index (κ2) is 13.5. The van der Waals surface area contributed by atoms with Crippen LogP contribution in [0.2, 0.25) is 0 Å². The second-order valence-electron chi connectivity index (χ2n) is 11.9. The quantitative estimate of drug-likeness (QED) is 0.310. The molecule has 0 radical (unpaired) electrons. The van der Waals surface area contributed by atoms with E-state index in [1.165, 1.54) is 56.1 Å². The first-order valence-electron chi connectivity index (χ1n) is 15.0. The first-order valence-corrected chi connectivity index (χ1v) is 15.0. The Hall–Kier alpha value is -2.76. The van der Waals surface area contributed by atoms with Crippen molar-refractivity contribution in [3.05, 3.63) is 47.2 Å². The molecule has 2 aromatic rings. The van der Waals surface area contributed by atoms with E-state index in [0.29, 0.717) is 54.5 Å². The minimum absolute atomic E-state index is 0.277. The van der Waals surface area contributed by atoms with E-state index in [-0.39, 0.29) is 6.67 Å². The first-order chi connectivity index (χ1) is 19.1. The Bertz CT molecular complexity index is 1100. The largest absolute Gasteiger partial charge is 0.369 e. The number of aromatic nitrogens is 2. The predicted molar refractivity (Wildman–Crippen MR) is 154 cm³/mol. The van der Waals surface area contributed by atoms with E-state index in [9.17, 15) is 9.65 Å². The van der Waals surface area contributed by atoms with Gasteiger partial charge in [0.25, 0.3) is 0 Å². The van der Waals surface area contributed by atoms with Gasteiger partial charge in [0.05, 0.1) is 6.20 Å². The molecule has 5 rings (SSSR count). The van der Waals surface area contributed by atoms with Crippen LogP contribution in [0.25, 0.3) is 0 Å². The van der Waals surface area contributed by atoms with E-state index < -0.39 is 0 Å². The van der Waals surface area contributed by atoms with Gasteiger partial charge >= 0.3 is 0 Å². The standard InChI is InChI=1S/C31H44FN7/c1-21-5-2-3-6-25(21)19-36-31-37-20-26(17-33)30(39-31)35-18-22-15-23-7-4-8-24(16-22)29(23)38-28-11-9-27(10-12-28)34-14-13-32/h2-3,5-6,20,22-24,27-29,34,38H,4,7-16,18-19H2,1H3,(H2,35,36,37,39)/t22?,23-,24+,27-,28+,29-. The maximum Gasteiger partial charge on any atom is 0.224 e. The SMILES string of the molecule is Cc1ccccc1CNc1ncc(C#N)c(NCC2C[C@H]3CCC[C@@H](C2)[C@@H]3N[C@H]2CC[C@@H](NCCF)CC2)n1. The van der Waals surface area contributed by atoms with Gasteiger partial charge in [-0.15, -0.1) is 0 Å². The zero-order valence-corrected chi connectivity index (χ0v) is 23.3. The molecular formula is C31H44FN7. The summed E-state index contributed by atoms with van der Waals surface area (Å²) in [4.78, 5) is 9.03. The Balaban J connectivity index is 1.14. The molecule has 8 heteroatoms. The summed E-state index contributed by atoms with van der Waals surface area (Å²) in [5.41, 5.74) is 2.92. The monoisotopic (exact) mass is 533 g/mol. The molecule has 3 aliphatic rings. The summed E-state index contributed by atoms with van der Waals surface area (Å²) in [5, 5.41) is 23.9. The summed E-state index contributed by atoms with van der Waals surface area (Å²) in [6.45, 7) is 3.80. The molecule has 0 aliphatic heterocycles. The van der Waals surface area contributed by atoms with Crippen LogP contribution in [0.3, 0.4) is 0 Å². The van der Waals surface area contributed by atoms with Crippen LogP contribution in [0.15, 0.2) is 30.5 Å². The molecule has 39 heavy (non-hydrogen) atoms. The van der Waals surface area contributed by atoms with Crippen molar-refractivity contribution in [2.45, 2.75) is 89.4 Å². The normalized spacial score (nSPS) is 28.4. The number of nitriles is 1. The van der Waals surface area contributed by atoms with E-state index in [1.54, 1.807) is 6.20 Å². The Morgan fingerprint density at radius 3 is 2.46 bits per heavy atom. The maximum atomic E-state index is 12.5. The van der Waals surface area contributed by atoms with Crippen molar-refractivity contribution in [2.24, 2.45) is 17.8 Å². The number of fused-ring (bicyclic) bond motifs is 2. The molecule has 1 aromatic heterocycles. The molecule has 1 aromatic carbocycles. The van der Waals surface area contributed by atoms with E-state index >= 15 is 0 Å². The zero-order chi connectivity index (χ0) is 27.0. The third-order valence-corrected chi connectivity index (χ3v) is 9.29. The van der Waals surface area contributed by atoms with Crippen LogP contribution in [-0.4, -0.2) is 47.9 Å². The molecule has 1 unspecified atom stereocenters. The lowest BCUT2D eigenvalue weighted by Gasteiger charge is -2.48. The van der Waals surface area contributed by atoms with Crippen LogP contribution >= 0.6 is 0 Å². The van der Waals surface area contributed by atoms with Crippen molar-refractivity contribution in [1.82, 2.24) is 20.6 Å². The summed E-state index contributed by atoms with van der Waals surface area (Å²) in [5.74, 6) is 3.20. The minimum Gasteiger partial charge on any atom is -0.369 e. The van der Waals surface area contributed by atoms with Crippen molar-refractivity contribution in [3.8, 4) is 6.07 Å². The van der Waals surface area contributed by atoms with Gasteiger partial charge in [0.1, 0.15) is 24.1 Å². The number of alkyl halides is 1. The Morgan fingerprint density at radius 1 is 1.00 bits per heavy atom. The molecule has 3 saturated carbocycles. The molecule has 7 nitrogen and oxygen atoms in total.